The van der Waals surface area contributed by atoms with E-state index in [0.29, 0.717) is 0 Å². The topological polar surface area (TPSA) is 3.24 Å². The second-order valence-electron chi connectivity index (χ2n) is 1.79. The van der Waals surface area contributed by atoms with Gasteiger partial charge in [0.1, 0.15) is 0 Å². The summed E-state index contributed by atoms with van der Waals surface area (Å²) in [6, 6.07) is 0. The van der Waals surface area contributed by atoms with E-state index in [1.807, 2.05) is 7.05 Å². The van der Waals surface area contributed by atoms with Crippen LogP contribution in [0.5, 0.6) is 0 Å². The standard InChI is InChI=1S/C4H9N.C3H8.Y/c1-4-5(2)3;1-3-2;/h1-2,4H2,3H3;3H2,1-2H3;/q-2;;. The van der Waals surface area contributed by atoms with E-state index < -0.39 is 0 Å². The number of hydrogen-bond donors (Lipinski definition) is 0. The fourth-order valence-electron chi connectivity index (χ4n) is 0. The van der Waals surface area contributed by atoms with Crippen molar-refractivity contribution >= 4 is 0 Å². The molecular formula is C7H17NY-2. The minimum atomic E-state index is 0. The molecule has 0 rings (SSSR count). The minimum absolute atomic E-state index is 0. The van der Waals surface area contributed by atoms with Gasteiger partial charge in [0.25, 0.3) is 0 Å². The Labute approximate surface area is 85.1 Å². The van der Waals surface area contributed by atoms with Crippen LogP contribution in [0.2, 0.25) is 0 Å². The van der Waals surface area contributed by atoms with Crippen LogP contribution in [-0.4, -0.2) is 18.5 Å². The molecule has 9 heavy (non-hydrogen) atoms. The van der Waals surface area contributed by atoms with E-state index in [9.17, 15) is 0 Å². The van der Waals surface area contributed by atoms with Gasteiger partial charge in [-0.2, -0.15) is 6.54 Å². The zero-order valence-electron chi connectivity index (χ0n) is 6.85. The molecule has 0 bridgehead atoms. The van der Waals surface area contributed by atoms with Crippen molar-refractivity contribution in [1.82, 2.24) is 4.90 Å². The summed E-state index contributed by atoms with van der Waals surface area (Å²) in [5.74, 6) is 0. The summed E-state index contributed by atoms with van der Waals surface area (Å²) in [4.78, 5) is 1.76. The zero-order chi connectivity index (χ0) is 6.99. The summed E-state index contributed by atoms with van der Waals surface area (Å²) in [5.41, 5.74) is 0. The van der Waals surface area contributed by atoms with E-state index in [-0.39, 0.29) is 32.7 Å². The SMILES string of the molecule is CCC.[CH2-]CN([CH2-])C.[Y]. The third kappa shape index (κ3) is 48.2. The molecule has 0 aromatic carbocycles. The fourth-order valence-corrected chi connectivity index (χ4v) is 0. The van der Waals surface area contributed by atoms with Crippen molar-refractivity contribution in [3.05, 3.63) is 14.0 Å². The summed E-state index contributed by atoms with van der Waals surface area (Å²) >= 11 is 0. The smallest absolute Gasteiger partial charge is 0 e. The molecule has 0 aromatic rings. The van der Waals surface area contributed by atoms with Crippen molar-refractivity contribution in [1.29, 1.82) is 0 Å². The van der Waals surface area contributed by atoms with Gasteiger partial charge in [-0.1, -0.05) is 20.3 Å². The Kier molecular flexibility index (Phi) is 29.5. The van der Waals surface area contributed by atoms with E-state index in [0.717, 1.165) is 6.54 Å². The molecular weight excluding hydrogens is 187 g/mol. The van der Waals surface area contributed by atoms with Gasteiger partial charge in [-0.05, 0) is 7.05 Å². The third-order valence-corrected chi connectivity index (χ3v) is 0.382. The van der Waals surface area contributed by atoms with Crippen LogP contribution >= 0.6 is 0 Å². The molecule has 1 nitrogen and oxygen atoms in total. The van der Waals surface area contributed by atoms with Crippen LogP contribution in [0.4, 0.5) is 0 Å². The first-order valence-corrected chi connectivity index (χ1v) is 2.99. The van der Waals surface area contributed by atoms with Crippen LogP contribution in [0.1, 0.15) is 20.3 Å². The van der Waals surface area contributed by atoms with Gasteiger partial charge < -0.3 is 11.8 Å². The van der Waals surface area contributed by atoms with Gasteiger partial charge in [-0.15, -0.1) is 0 Å². The predicted octanol–water partition coefficient (Wildman–Crippen LogP) is 1.96. The molecule has 0 spiro atoms. The first kappa shape index (κ1) is 16.6. The molecule has 0 N–H and O–H groups in total. The van der Waals surface area contributed by atoms with Crippen LogP contribution in [0.25, 0.3) is 0 Å². The van der Waals surface area contributed by atoms with Crippen molar-refractivity contribution in [2.45, 2.75) is 20.3 Å². The van der Waals surface area contributed by atoms with Crippen LogP contribution < -0.4 is 0 Å². The summed E-state index contributed by atoms with van der Waals surface area (Å²) < 4.78 is 0. The molecule has 0 atom stereocenters. The normalized spacial score (nSPS) is 7.33. The Morgan fingerprint density at radius 3 is 1.44 bits per heavy atom. The number of nitrogens with zero attached hydrogens (tertiary/aromatic N) is 1. The molecule has 0 aliphatic carbocycles. The molecule has 0 saturated heterocycles. The second-order valence-corrected chi connectivity index (χ2v) is 1.79. The number of hydrogen-bond acceptors (Lipinski definition) is 1. The Hall–Kier alpha value is 1.06. The monoisotopic (exact) mass is 204 g/mol. The Morgan fingerprint density at radius 1 is 1.33 bits per heavy atom. The molecule has 0 fully saturated rings. The van der Waals surface area contributed by atoms with E-state index in [1.54, 1.807) is 4.90 Å². The summed E-state index contributed by atoms with van der Waals surface area (Å²) in [6.45, 7) is 8.58. The quantitative estimate of drug-likeness (QED) is 0.590. The maximum atomic E-state index is 3.55. The molecule has 0 aromatic heterocycles. The van der Waals surface area contributed by atoms with E-state index in [2.05, 4.69) is 27.8 Å². The average Bonchev–Trinajstić information content (AvgIpc) is 1.69. The van der Waals surface area contributed by atoms with Gasteiger partial charge in [0.2, 0.25) is 0 Å². The van der Waals surface area contributed by atoms with Crippen molar-refractivity contribution in [3.63, 3.8) is 0 Å². The molecule has 0 amide bonds. The van der Waals surface area contributed by atoms with Crippen molar-refractivity contribution in [3.8, 4) is 0 Å². The zero-order valence-corrected chi connectivity index (χ0v) is 9.69. The molecule has 0 unspecified atom stereocenters. The molecule has 0 saturated carbocycles. The van der Waals surface area contributed by atoms with E-state index >= 15 is 0 Å². The average molecular weight is 204 g/mol. The van der Waals surface area contributed by atoms with Crippen molar-refractivity contribution in [2.75, 3.05) is 13.6 Å². The van der Waals surface area contributed by atoms with Crippen LogP contribution in [0, 0.1) is 14.0 Å². The van der Waals surface area contributed by atoms with Gasteiger partial charge in [-0.3, -0.25) is 7.05 Å². The third-order valence-electron chi connectivity index (χ3n) is 0.382. The largest absolute Gasteiger partial charge is 0.487 e. The molecule has 0 aliphatic heterocycles. The molecule has 2 heteroatoms. The first-order chi connectivity index (χ1) is 3.68. The predicted molar refractivity (Wildman–Crippen MR) is 39.3 cm³/mol. The Bertz CT molecular complexity index is 30.1. The van der Waals surface area contributed by atoms with Crippen LogP contribution in [0.15, 0.2) is 0 Å². The molecule has 0 heterocycles. The molecule has 1 radical (unpaired) electrons. The summed E-state index contributed by atoms with van der Waals surface area (Å²) in [5, 5.41) is 0. The van der Waals surface area contributed by atoms with Gasteiger partial charge in [-0.25, -0.2) is 0 Å². The summed E-state index contributed by atoms with van der Waals surface area (Å²) in [6.07, 6.45) is 1.25. The summed E-state index contributed by atoms with van der Waals surface area (Å²) in [7, 11) is 5.41. The van der Waals surface area contributed by atoms with Crippen molar-refractivity contribution in [2.24, 2.45) is 0 Å². The van der Waals surface area contributed by atoms with Gasteiger partial charge >= 0.3 is 0 Å². The maximum Gasteiger partial charge on any atom is 0 e. The van der Waals surface area contributed by atoms with Gasteiger partial charge in [0.05, 0.1) is 0 Å². The van der Waals surface area contributed by atoms with Gasteiger partial charge in [0.15, 0.2) is 0 Å². The fraction of sp³-hybridized carbons (Fsp3) is 0.714. The molecule has 0 aliphatic rings. The van der Waals surface area contributed by atoms with Crippen LogP contribution in [-0.2, 0) is 32.7 Å². The Morgan fingerprint density at radius 2 is 1.44 bits per heavy atom. The first-order valence-electron chi connectivity index (χ1n) is 2.99. The maximum absolute atomic E-state index is 3.55. The van der Waals surface area contributed by atoms with Crippen molar-refractivity contribution < 1.29 is 32.7 Å². The van der Waals surface area contributed by atoms with E-state index in [1.165, 1.54) is 6.42 Å². The van der Waals surface area contributed by atoms with Gasteiger partial charge in [0, 0.05) is 32.7 Å². The van der Waals surface area contributed by atoms with Crippen LogP contribution in [0.3, 0.4) is 0 Å². The second kappa shape index (κ2) is 16.0. The molecule has 55 valence electrons. The minimum Gasteiger partial charge on any atom is -0.487 e. The van der Waals surface area contributed by atoms with E-state index in [4.69, 9.17) is 0 Å². The Balaban J connectivity index is -0.0000000800. The number of rotatable bonds is 1.